The molecular weight excluding hydrogens is 370 g/mol. The van der Waals surface area contributed by atoms with Crippen molar-refractivity contribution in [3.8, 4) is 5.75 Å². The second-order valence-electron chi connectivity index (χ2n) is 6.89. The number of ether oxygens (including phenoxy) is 1. The number of carbonyl (C=O) groups is 2. The third kappa shape index (κ3) is 4.26. The minimum Gasteiger partial charge on any atom is -0.497 e. The molecule has 1 N–H and O–H groups in total. The molecule has 8 heteroatoms. The van der Waals surface area contributed by atoms with E-state index in [0.717, 1.165) is 11.3 Å². The second kappa shape index (κ2) is 8.14. The Balaban J connectivity index is 1.38. The van der Waals surface area contributed by atoms with Crippen molar-refractivity contribution in [1.82, 2.24) is 14.8 Å². The fraction of sp³-hybridized carbons (Fsp3) is 0.238. The van der Waals surface area contributed by atoms with Gasteiger partial charge in [0.05, 0.1) is 19.6 Å². The standard InChI is InChI=1S/C21H21N5O3/c1-29-19-4-2-3-18(10-19)26-12-16(9-20(26)27)21(28)24-17-7-5-15(6-8-17)11-25-14-22-13-23-25/h2-8,10,13-14,16H,9,11-12H2,1H3,(H,24,28). The van der Waals surface area contributed by atoms with Gasteiger partial charge in [-0.2, -0.15) is 5.10 Å². The van der Waals surface area contributed by atoms with E-state index in [1.165, 1.54) is 6.33 Å². The van der Waals surface area contributed by atoms with Gasteiger partial charge in [-0.1, -0.05) is 18.2 Å². The summed E-state index contributed by atoms with van der Waals surface area (Å²) >= 11 is 0. The molecule has 2 heterocycles. The molecule has 2 amide bonds. The number of anilines is 2. The third-order valence-corrected chi connectivity index (χ3v) is 4.89. The SMILES string of the molecule is COc1cccc(N2CC(C(=O)Nc3ccc(Cn4cncn4)cc3)CC2=O)c1. The Labute approximate surface area is 168 Å². The van der Waals surface area contributed by atoms with Gasteiger partial charge in [-0.05, 0) is 29.8 Å². The first-order chi connectivity index (χ1) is 14.1. The number of hydrogen-bond acceptors (Lipinski definition) is 5. The first-order valence-corrected chi connectivity index (χ1v) is 9.29. The zero-order valence-corrected chi connectivity index (χ0v) is 16.0. The predicted octanol–water partition coefficient (Wildman–Crippen LogP) is 2.33. The van der Waals surface area contributed by atoms with Gasteiger partial charge in [0.15, 0.2) is 0 Å². The van der Waals surface area contributed by atoms with Gasteiger partial charge in [0.2, 0.25) is 11.8 Å². The first kappa shape index (κ1) is 18.7. The molecule has 0 radical (unpaired) electrons. The van der Waals surface area contributed by atoms with E-state index >= 15 is 0 Å². The van der Waals surface area contributed by atoms with Crippen LogP contribution in [0.3, 0.4) is 0 Å². The molecule has 1 aromatic heterocycles. The minimum atomic E-state index is -0.400. The van der Waals surface area contributed by atoms with E-state index in [1.807, 2.05) is 42.5 Å². The van der Waals surface area contributed by atoms with Crippen LogP contribution in [0.2, 0.25) is 0 Å². The van der Waals surface area contributed by atoms with Crippen molar-refractivity contribution in [2.75, 3.05) is 23.9 Å². The molecule has 1 fully saturated rings. The van der Waals surface area contributed by atoms with Crippen LogP contribution in [0.5, 0.6) is 5.75 Å². The highest BCUT2D eigenvalue weighted by Crippen LogP contribution is 2.28. The zero-order valence-electron chi connectivity index (χ0n) is 16.0. The highest BCUT2D eigenvalue weighted by Gasteiger charge is 2.35. The average Bonchev–Trinajstić information content (AvgIpc) is 3.39. The van der Waals surface area contributed by atoms with Crippen LogP contribution < -0.4 is 15.0 Å². The van der Waals surface area contributed by atoms with Gasteiger partial charge in [-0.15, -0.1) is 0 Å². The van der Waals surface area contributed by atoms with Crippen LogP contribution in [0, 0.1) is 5.92 Å². The topological polar surface area (TPSA) is 89.3 Å². The Hall–Kier alpha value is -3.68. The molecule has 8 nitrogen and oxygen atoms in total. The summed E-state index contributed by atoms with van der Waals surface area (Å²) in [5.41, 5.74) is 2.49. The lowest BCUT2D eigenvalue weighted by Gasteiger charge is -2.17. The number of amides is 2. The van der Waals surface area contributed by atoms with E-state index in [1.54, 1.807) is 29.1 Å². The zero-order chi connectivity index (χ0) is 20.2. The van der Waals surface area contributed by atoms with Crippen LogP contribution in [0.15, 0.2) is 61.2 Å². The van der Waals surface area contributed by atoms with E-state index in [0.29, 0.717) is 24.5 Å². The molecule has 1 unspecified atom stereocenters. The molecular formula is C21H21N5O3. The summed E-state index contributed by atoms with van der Waals surface area (Å²) in [4.78, 5) is 30.6. The molecule has 0 saturated carbocycles. The van der Waals surface area contributed by atoms with Crippen LogP contribution in [-0.2, 0) is 16.1 Å². The molecule has 0 spiro atoms. The maximum Gasteiger partial charge on any atom is 0.229 e. The van der Waals surface area contributed by atoms with E-state index in [9.17, 15) is 9.59 Å². The van der Waals surface area contributed by atoms with Gasteiger partial charge in [-0.25, -0.2) is 9.67 Å². The fourth-order valence-corrected chi connectivity index (χ4v) is 3.35. The van der Waals surface area contributed by atoms with E-state index in [4.69, 9.17) is 4.74 Å². The Morgan fingerprint density at radius 1 is 1.24 bits per heavy atom. The number of methoxy groups -OCH3 is 1. The average molecular weight is 391 g/mol. The van der Waals surface area contributed by atoms with Crippen LogP contribution >= 0.6 is 0 Å². The van der Waals surface area contributed by atoms with Crippen molar-refractivity contribution in [3.63, 3.8) is 0 Å². The van der Waals surface area contributed by atoms with Gasteiger partial charge in [0, 0.05) is 30.4 Å². The van der Waals surface area contributed by atoms with Gasteiger partial charge >= 0.3 is 0 Å². The van der Waals surface area contributed by atoms with Crippen molar-refractivity contribution >= 4 is 23.2 Å². The predicted molar refractivity (Wildman–Crippen MR) is 108 cm³/mol. The monoisotopic (exact) mass is 391 g/mol. The highest BCUT2D eigenvalue weighted by molar-refractivity contribution is 6.03. The van der Waals surface area contributed by atoms with Crippen molar-refractivity contribution in [2.24, 2.45) is 5.92 Å². The van der Waals surface area contributed by atoms with Crippen molar-refractivity contribution in [2.45, 2.75) is 13.0 Å². The normalized spacial score (nSPS) is 16.1. The summed E-state index contributed by atoms with van der Waals surface area (Å²) in [6.45, 7) is 0.961. The molecule has 0 bridgehead atoms. The number of nitrogens with one attached hydrogen (secondary N) is 1. The maximum atomic E-state index is 12.7. The summed E-state index contributed by atoms with van der Waals surface area (Å²) in [5, 5.41) is 6.98. The van der Waals surface area contributed by atoms with E-state index in [2.05, 4.69) is 15.4 Å². The number of carbonyl (C=O) groups excluding carboxylic acids is 2. The molecule has 1 aliphatic rings. The van der Waals surface area contributed by atoms with Crippen molar-refractivity contribution < 1.29 is 14.3 Å². The minimum absolute atomic E-state index is 0.0680. The van der Waals surface area contributed by atoms with E-state index < -0.39 is 5.92 Å². The fourth-order valence-electron chi connectivity index (χ4n) is 3.35. The van der Waals surface area contributed by atoms with Crippen LogP contribution in [0.25, 0.3) is 0 Å². The second-order valence-corrected chi connectivity index (χ2v) is 6.89. The molecule has 2 aromatic carbocycles. The summed E-state index contributed by atoms with van der Waals surface area (Å²) in [6, 6.07) is 14.8. The van der Waals surface area contributed by atoms with Crippen LogP contribution in [-0.4, -0.2) is 40.2 Å². The Morgan fingerprint density at radius 3 is 2.79 bits per heavy atom. The number of rotatable bonds is 6. The van der Waals surface area contributed by atoms with Crippen molar-refractivity contribution in [3.05, 3.63) is 66.7 Å². The molecule has 148 valence electrons. The number of hydrogen-bond donors (Lipinski definition) is 1. The molecule has 1 aliphatic heterocycles. The quantitative estimate of drug-likeness (QED) is 0.697. The van der Waals surface area contributed by atoms with Gasteiger partial charge < -0.3 is 15.0 Å². The lowest BCUT2D eigenvalue weighted by Crippen LogP contribution is -2.28. The number of benzene rings is 2. The van der Waals surface area contributed by atoms with Crippen molar-refractivity contribution in [1.29, 1.82) is 0 Å². The van der Waals surface area contributed by atoms with Crippen LogP contribution in [0.4, 0.5) is 11.4 Å². The smallest absolute Gasteiger partial charge is 0.229 e. The molecule has 3 aromatic rings. The maximum absolute atomic E-state index is 12.7. The lowest BCUT2D eigenvalue weighted by molar-refractivity contribution is -0.122. The summed E-state index contributed by atoms with van der Waals surface area (Å²) < 4.78 is 6.95. The highest BCUT2D eigenvalue weighted by atomic mass is 16.5. The number of nitrogens with zero attached hydrogens (tertiary/aromatic N) is 4. The lowest BCUT2D eigenvalue weighted by atomic mass is 10.1. The molecule has 1 saturated heterocycles. The van der Waals surface area contributed by atoms with E-state index in [-0.39, 0.29) is 18.2 Å². The largest absolute Gasteiger partial charge is 0.497 e. The summed E-state index contributed by atoms with van der Waals surface area (Å²) in [6.07, 6.45) is 3.33. The number of aromatic nitrogens is 3. The molecule has 4 rings (SSSR count). The van der Waals surface area contributed by atoms with Gasteiger partial charge in [-0.3, -0.25) is 9.59 Å². The third-order valence-electron chi connectivity index (χ3n) is 4.89. The summed E-state index contributed by atoms with van der Waals surface area (Å²) in [7, 11) is 1.58. The Morgan fingerprint density at radius 2 is 2.07 bits per heavy atom. The molecule has 0 aliphatic carbocycles. The van der Waals surface area contributed by atoms with Gasteiger partial charge in [0.1, 0.15) is 18.4 Å². The van der Waals surface area contributed by atoms with Gasteiger partial charge in [0.25, 0.3) is 0 Å². The Bertz CT molecular complexity index is 1000. The summed E-state index contributed by atoms with van der Waals surface area (Å²) in [5.74, 6) is 0.0482. The molecule has 1 atom stereocenters. The Kier molecular flexibility index (Phi) is 5.24. The first-order valence-electron chi connectivity index (χ1n) is 9.29. The molecule has 29 heavy (non-hydrogen) atoms. The van der Waals surface area contributed by atoms with Crippen LogP contribution in [0.1, 0.15) is 12.0 Å².